The monoisotopic (exact) mass is 674 g/mol. The van der Waals surface area contributed by atoms with Crippen LogP contribution in [-0.4, -0.2) is 23.0 Å². The molecule has 40 heavy (non-hydrogen) atoms. The number of imide groups is 1. The Labute approximate surface area is 253 Å². The minimum absolute atomic E-state index is 0.156. The van der Waals surface area contributed by atoms with Gasteiger partial charge < -0.3 is 4.74 Å². The van der Waals surface area contributed by atoms with Crippen LogP contribution in [0, 0.1) is 11.8 Å². The Morgan fingerprint density at radius 1 is 0.775 bits per heavy atom. The van der Waals surface area contributed by atoms with Crippen LogP contribution in [-0.2, 0) is 16.2 Å². The highest BCUT2D eigenvalue weighted by Crippen LogP contribution is 2.61. The van der Waals surface area contributed by atoms with Crippen molar-refractivity contribution in [3.63, 3.8) is 0 Å². The van der Waals surface area contributed by atoms with Crippen molar-refractivity contribution in [1.82, 2.24) is 5.01 Å². The second-order valence-corrected chi connectivity index (χ2v) is 12.3. The van der Waals surface area contributed by atoms with E-state index in [0.29, 0.717) is 31.9 Å². The zero-order valence-electron chi connectivity index (χ0n) is 20.9. The van der Waals surface area contributed by atoms with Crippen molar-refractivity contribution in [2.45, 2.75) is 18.4 Å². The van der Waals surface area contributed by atoms with Crippen LogP contribution in [0.5, 0.6) is 5.75 Å². The van der Waals surface area contributed by atoms with Gasteiger partial charge in [-0.15, -0.1) is 0 Å². The Balaban J connectivity index is 1.17. The molecule has 5 nitrogen and oxygen atoms in total. The van der Waals surface area contributed by atoms with E-state index in [2.05, 4.69) is 61.2 Å². The summed E-state index contributed by atoms with van der Waals surface area (Å²) >= 11 is 13.4. The Morgan fingerprint density at radius 3 is 1.75 bits per heavy atom. The molecule has 2 atom stereocenters. The first-order valence-electron chi connectivity index (χ1n) is 12.9. The number of ether oxygens (including phenoxy) is 1. The first kappa shape index (κ1) is 25.7. The van der Waals surface area contributed by atoms with Crippen molar-refractivity contribution in [2.24, 2.45) is 16.9 Å². The molecule has 0 radical (unpaired) electrons. The van der Waals surface area contributed by atoms with Gasteiger partial charge in [0.15, 0.2) is 0 Å². The molecular formula is C32H21Br2ClN2O3. The first-order chi connectivity index (χ1) is 19.4. The molecule has 2 bridgehead atoms. The average Bonchev–Trinajstić information content (AvgIpc) is 3.22. The van der Waals surface area contributed by atoms with Crippen LogP contribution in [0.3, 0.4) is 0 Å². The molecule has 1 aliphatic heterocycles. The van der Waals surface area contributed by atoms with Gasteiger partial charge >= 0.3 is 0 Å². The fourth-order valence-corrected chi connectivity index (χ4v) is 8.10. The van der Waals surface area contributed by atoms with Gasteiger partial charge in [-0.25, -0.2) is 0 Å². The molecule has 1 heterocycles. The van der Waals surface area contributed by atoms with Gasteiger partial charge in [-0.3, -0.25) is 9.59 Å². The number of amides is 2. The molecule has 8 rings (SSSR count). The van der Waals surface area contributed by atoms with Crippen molar-refractivity contribution in [3.8, 4) is 5.75 Å². The van der Waals surface area contributed by atoms with Gasteiger partial charge in [0.1, 0.15) is 12.4 Å². The van der Waals surface area contributed by atoms with E-state index >= 15 is 0 Å². The minimum Gasteiger partial charge on any atom is -0.486 e. The number of rotatable bonds is 5. The fraction of sp³-hybridized carbons (Fsp3) is 0.156. The van der Waals surface area contributed by atoms with Crippen LogP contribution >= 0.6 is 43.5 Å². The van der Waals surface area contributed by atoms with Gasteiger partial charge in [-0.05, 0) is 77.9 Å². The SMILES string of the molecule is O=C1[C@H]2C3c4ccccc4C(c4ccccc43)[C@@H]2C(=O)N1/N=C\c1cc(Br)c(OCc2ccccc2Cl)c(Br)c1. The van der Waals surface area contributed by atoms with E-state index in [1.54, 1.807) is 6.21 Å². The lowest BCUT2D eigenvalue weighted by Crippen LogP contribution is -2.41. The van der Waals surface area contributed by atoms with Gasteiger partial charge in [-0.1, -0.05) is 78.3 Å². The number of carbonyl (C=O) groups excluding carboxylic acids is 2. The van der Waals surface area contributed by atoms with Gasteiger partial charge in [0, 0.05) is 22.4 Å². The molecule has 8 heteroatoms. The van der Waals surface area contributed by atoms with E-state index in [1.165, 1.54) is 0 Å². The summed E-state index contributed by atoms with van der Waals surface area (Å²) in [5.41, 5.74) is 6.13. The first-order valence-corrected chi connectivity index (χ1v) is 14.8. The molecule has 0 aromatic heterocycles. The molecule has 4 aromatic carbocycles. The van der Waals surface area contributed by atoms with Crippen LogP contribution in [0.4, 0.5) is 0 Å². The number of carbonyl (C=O) groups is 2. The van der Waals surface area contributed by atoms with Gasteiger partial charge in [0.05, 0.1) is 27.0 Å². The summed E-state index contributed by atoms with van der Waals surface area (Å²) in [5.74, 6) is -1.11. The molecule has 4 aliphatic rings. The zero-order valence-corrected chi connectivity index (χ0v) is 24.9. The Bertz CT molecular complexity index is 1600. The fourth-order valence-electron chi connectivity index (χ4n) is 6.46. The summed E-state index contributed by atoms with van der Waals surface area (Å²) in [4.78, 5) is 27.5. The summed E-state index contributed by atoms with van der Waals surface area (Å²) < 4.78 is 7.42. The highest BCUT2D eigenvalue weighted by Gasteiger charge is 2.61. The maximum absolute atomic E-state index is 13.8. The van der Waals surface area contributed by atoms with Gasteiger partial charge in [-0.2, -0.15) is 10.1 Å². The van der Waals surface area contributed by atoms with Crippen molar-refractivity contribution < 1.29 is 14.3 Å². The molecule has 2 amide bonds. The predicted octanol–water partition coefficient (Wildman–Crippen LogP) is 7.67. The molecule has 198 valence electrons. The van der Waals surface area contributed by atoms with E-state index < -0.39 is 11.8 Å². The number of benzene rings is 4. The Morgan fingerprint density at radius 2 is 1.25 bits per heavy atom. The van der Waals surface area contributed by atoms with Crippen molar-refractivity contribution in [1.29, 1.82) is 0 Å². The van der Waals surface area contributed by atoms with Crippen LogP contribution < -0.4 is 4.74 Å². The summed E-state index contributed by atoms with van der Waals surface area (Å²) in [7, 11) is 0. The summed E-state index contributed by atoms with van der Waals surface area (Å²) in [6.07, 6.45) is 1.54. The van der Waals surface area contributed by atoms with Crippen molar-refractivity contribution >= 4 is 61.5 Å². The number of halogens is 3. The Kier molecular flexibility index (Phi) is 6.41. The average molecular weight is 677 g/mol. The standard InChI is InChI=1S/C32H21Br2ClN2O3/c33-23-13-17(14-24(34)30(23)40-16-18-7-1-6-12-25(18)35)15-36-37-31(38)28-26-19-8-2-3-9-20(19)27(29(28)32(37)39)22-11-5-4-10-21(22)26/h1-15,26-29H,16H2/b36-15-/t26?,27?,28-,29-/m0/s1. The molecule has 0 unspecified atom stereocenters. The maximum atomic E-state index is 13.8. The van der Waals surface area contributed by atoms with Crippen LogP contribution in [0.1, 0.15) is 45.2 Å². The summed E-state index contributed by atoms with van der Waals surface area (Å²) in [6.45, 7) is 0.303. The van der Waals surface area contributed by atoms with E-state index in [4.69, 9.17) is 16.3 Å². The lowest BCUT2D eigenvalue weighted by Gasteiger charge is -2.45. The molecule has 0 N–H and O–H groups in total. The number of hydrogen-bond donors (Lipinski definition) is 0. The molecular weight excluding hydrogens is 656 g/mol. The second kappa shape index (κ2) is 9.98. The third-order valence-corrected chi connectivity index (χ3v) is 9.64. The van der Waals surface area contributed by atoms with Gasteiger partial charge in [0.25, 0.3) is 11.8 Å². The minimum atomic E-state index is -0.460. The van der Waals surface area contributed by atoms with Crippen LogP contribution in [0.15, 0.2) is 99.0 Å². The second-order valence-electron chi connectivity index (χ2n) is 10.2. The van der Waals surface area contributed by atoms with Crippen LogP contribution in [0.25, 0.3) is 0 Å². The third-order valence-electron chi connectivity index (χ3n) is 8.10. The lowest BCUT2D eigenvalue weighted by atomic mass is 9.55. The Hall–Kier alpha value is -3.26. The quantitative estimate of drug-likeness (QED) is 0.161. The number of hydrogen-bond acceptors (Lipinski definition) is 4. The number of nitrogens with zero attached hydrogens (tertiary/aromatic N) is 2. The topological polar surface area (TPSA) is 59.0 Å². The molecule has 1 fully saturated rings. The molecule has 1 saturated heterocycles. The van der Waals surface area contributed by atoms with E-state index in [1.807, 2.05) is 60.7 Å². The highest BCUT2D eigenvalue weighted by molar-refractivity contribution is 9.11. The number of hydrazone groups is 1. The lowest BCUT2D eigenvalue weighted by molar-refractivity contribution is -0.139. The van der Waals surface area contributed by atoms with Crippen LogP contribution in [0.2, 0.25) is 5.02 Å². The summed E-state index contributed by atoms with van der Waals surface area (Å²) in [6, 6.07) is 27.6. The summed E-state index contributed by atoms with van der Waals surface area (Å²) in [5, 5.41) is 6.15. The van der Waals surface area contributed by atoms with Crippen molar-refractivity contribution in [3.05, 3.63) is 132 Å². The molecule has 3 aliphatic carbocycles. The molecule has 0 saturated carbocycles. The highest BCUT2D eigenvalue weighted by atomic mass is 79.9. The van der Waals surface area contributed by atoms with E-state index in [0.717, 1.165) is 32.8 Å². The third kappa shape index (κ3) is 3.98. The molecule has 0 spiro atoms. The maximum Gasteiger partial charge on any atom is 0.254 e. The van der Waals surface area contributed by atoms with Crippen molar-refractivity contribution in [2.75, 3.05) is 0 Å². The van der Waals surface area contributed by atoms with E-state index in [9.17, 15) is 9.59 Å². The molecule has 4 aromatic rings. The predicted molar refractivity (Wildman–Crippen MR) is 161 cm³/mol. The normalized spacial score (nSPS) is 22.4. The largest absolute Gasteiger partial charge is 0.486 e. The smallest absolute Gasteiger partial charge is 0.254 e. The van der Waals surface area contributed by atoms with E-state index in [-0.39, 0.29) is 23.7 Å². The van der Waals surface area contributed by atoms with Gasteiger partial charge in [0.2, 0.25) is 0 Å². The zero-order chi connectivity index (χ0) is 27.5.